The zero-order valence-corrected chi connectivity index (χ0v) is 26.7. The summed E-state index contributed by atoms with van der Waals surface area (Å²) < 4.78 is 12.7. The third-order valence-corrected chi connectivity index (χ3v) is 9.32. The van der Waals surface area contributed by atoms with Crippen LogP contribution in [0.15, 0.2) is 173 Å². The Balaban J connectivity index is 1.06. The van der Waals surface area contributed by atoms with Crippen LogP contribution in [0.1, 0.15) is 0 Å². The van der Waals surface area contributed by atoms with Crippen molar-refractivity contribution in [3.8, 4) is 56.4 Å². The number of furan rings is 2. The SMILES string of the molecule is c1ccc(-c2nc(-c3ccccc3)nc(-c3cccc(-c4cccc(-c5cccc6c5oc5cc7oc8ccccc8c7cc56)c4)c3)n2)cc1. The quantitative estimate of drug-likeness (QED) is 0.187. The number of hydrogen-bond donors (Lipinski definition) is 0. The molecule has 0 N–H and O–H groups in total. The topological polar surface area (TPSA) is 65.0 Å². The summed E-state index contributed by atoms with van der Waals surface area (Å²) in [5, 5.41) is 4.35. The molecular formula is C45H27N3O2. The number of nitrogens with zero attached hydrogens (tertiary/aromatic N) is 3. The van der Waals surface area contributed by atoms with Gasteiger partial charge in [-0.25, -0.2) is 15.0 Å². The van der Waals surface area contributed by atoms with Crippen LogP contribution in [0.2, 0.25) is 0 Å². The van der Waals surface area contributed by atoms with Gasteiger partial charge in [-0.3, -0.25) is 0 Å². The molecule has 0 aliphatic carbocycles. The first kappa shape index (κ1) is 28.2. The van der Waals surface area contributed by atoms with Crippen molar-refractivity contribution in [3.63, 3.8) is 0 Å². The molecule has 10 rings (SSSR count). The molecule has 0 fully saturated rings. The second kappa shape index (κ2) is 11.4. The van der Waals surface area contributed by atoms with Gasteiger partial charge in [0.15, 0.2) is 17.5 Å². The van der Waals surface area contributed by atoms with E-state index >= 15 is 0 Å². The van der Waals surface area contributed by atoms with Gasteiger partial charge in [0.05, 0.1) is 0 Å². The monoisotopic (exact) mass is 641 g/mol. The van der Waals surface area contributed by atoms with Crippen LogP contribution in [0.4, 0.5) is 0 Å². The first-order chi connectivity index (χ1) is 24.7. The minimum absolute atomic E-state index is 0.626. The zero-order chi connectivity index (χ0) is 33.0. The predicted octanol–water partition coefficient (Wildman–Crippen LogP) is 12.0. The summed E-state index contributed by atoms with van der Waals surface area (Å²) in [4.78, 5) is 14.7. The van der Waals surface area contributed by atoms with E-state index in [1.807, 2.05) is 84.9 Å². The Morgan fingerprint density at radius 3 is 1.52 bits per heavy atom. The normalized spacial score (nSPS) is 11.6. The molecule has 3 heterocycles. The van der Waals surface area contributed by atoms with Crippen LogP contribution >= 0.6 is 0 Å². The zero-order valence-electron chi connectivity index (χ0n) is 26.7. The lowest BCUT2D eigenvalue weighted by molar-refractivity contribution is 0.656. The molecule has 7 aromatic carbocycles. The molecule has 0 unspecified atom stereocenters. The number of hydrogen-bond acceptors (Lipinski definition) is 5. The van der Waals surface area contributed by atoms with Crippen LogP contribution in [0, 0.1) is 0 Å². The maximum Gasteiger partial charge on any atom is 0.164 e. The first-order valence-corrected chi connectivity index (χ1v) is 16.6. The van der Waals surface area contributed by atoms with Crippen molar-refractivity contribution >= 4 is 43.9 Å². The van der Waals surface area contributed by atoms with Crippen molar-refractivity contribution in [3.05, 3.63) is 164 Å². The average Bonchev–Trinajstić information content (AvgIpc) is 3.75. The highest BCUT2D eigenvalue weighted by molar-refractivity contribution is 6.16. The molecule has 3 aromatic heterocycles. The smallest absolute Gasteiger partial charge is 0.164 e. The highest BCUT2D eigenvalue weighted by Gasteiger charge is 2.17. The fourth-order valence-corrected chi connectivity index (χ4v) is 6.89. The third-order valence-electron chi connectivity index (χ3n) is 9.32. The maximum atomic E-state index is 6.58. The molecule has 50 heavy (non-hydrogen) atoms. The summed E-state index contributed by atoms with van der Waals surface area (Å²) in [5.74, 6) is 1.91. The van der Waals surface area contributed by atoms with Gasteiger partial charge in [0.1, 0.15) is 22.3 Å². The molecule has 0 saturated heterocycles. The molecule has 0 saturated carbocycles. The van der Waals surface area contributed by atoms with Crippen molar-refractivity contribution in [2.75, 3.05) is 0 Å². The van der Waals surface area contributed by atoms with Crippen molar-refractivity contribution in [2.24, 2.45) is 0 Å². The van der Waals surface area contributed by atoms with E-state index in [4.69, 9.17) is 23.8 Å². The second-order valence-electron chi connectivity index (χ2n) is 12.4. The minimum atomic E-state index is 0.626. The lowest BCUT2D eigenvalue weighted by Gasteiger charge is -2.10. The first-order valence-electron chi connectivity index (χ1n) is 16.6. The van der Waals surface area contributed by atoms with Crippen LogP contribution in [0.5, 0.6) is 0 Å². The predicted molar refractivity (Wildman–Crippen MR) is 202 cm³/mol. The van der Waals surface area contributed by atoms with E-state index in [1.54, 1.807) is 0 Å². The molecular weight excluding hydrogens is 615 g/mol. The molecule has 0 atom stereocenters. The van der Waals surface area contributed by atoms with Crippen molar-refractivity contribution in [2.45, 2.75) is 0 Å². The van der Waals surface area contributed by atoms with E-state index in [-0.39, 0.29) is 0 Å². The lowest BCUT2D eigenvalue weighted by Crippen LogP contribution is -2.00. The largest absolute Gasteiger partial charge is 0.456 e. The summed E-state index contributed by atoms with van der Waals surface area (Å²) in [6, 6.07) is 55.8. The molecule has 5 heteroatoms. The molecule has 0 spiro atoms. The van der Waals surface area contributed by atoms with Gasteiger partial charge in [0, 0.05) is 49.9 Å². The number of para-hydroxylation sites is 2. The van der Waals surface area contributed by atoms with E-state index < -0.39 is 0 Å². The molecule has 0 aliphatic heterocycles. The Hall–Kier alpha value is -6.85. The number of aromatic nitrogens is 3. The number of benzene rings is 7. The highest BCUT2D eigenvalue weighted by Crippen LogP contribution is 2.40. The number of rotatable bonds is 5. The van der Waals surface area contributed by atoms with E-state index in [0.717, 1.165) is 82.8 Å². The van der Waals surface area contributed by atoms with E-state index in [1.165, 1.54) is 0 Å². The maximum absolute atomic E-state index is 6.58. The Morgan fingerprint density at radius 2 is 0.800 bits per heavy atom. The summed E-state index contributed by atoms with van der Waals surface area (Å²) in [6.45, 7) is 0. The van der Waals surface area contributed by atoms with Crippen LogP contribution in [0.3, 0.4) is 0 Å². The van der Waals surface area contributed by atoms with Crippen LogP contribution in [0.25, 0.3) is 100 Å². The fraction of sp³-hybridized carbons (Fsp3) is 0. The fourth-order valence-electron chi connectivity index (χ4n) is 6.89. The van der Waals surface area contributed by atoms with Crippen molar-refractivity contribution in [1.82, 2.24) is 15.0 Å². The molecule has 0 radical (unpaired) electrons. The lowest BCUT2D eigenvalue weighted by atomic mass is 9.96. The van der Waals surface area contributed by atoms with Gasteiger partial charge in [0.25, 0.3) is 0 Å². The summed E-state index contributed by atoms with van der Waals surface area (Å²) in [7, 11) is 0. The van der Waals surface area contributed by atoms with Crippen LogP contribution in [-0.2, 0) is 0 Å². The summed E-state index contributed by atoms with van der Waals surface area (Å²) >= 11 is 0. The molecule has 0 aliphatic rings. The molecule has 234 valence electrons. The molecule has 5 nitrogen and oxygen atoms in total. The second-order valence-corrected chi connectivity index (χ2v) is 12.4. The summed E-state index contributed by atoms with van der Waals surface area (Å²) in [6.07, 6.45) is 0. The molecule has 0 bridgehead atoms. The third kappa shape index (κ3) is 4.75. The van der Waals surface area contributed by atoms with Crippen molar-refractivity contribution in [1.29, 1.82) is 0 Å². The Kier molecular flexibility index (Phi) is 6.42. The minimum Gasteiger partial charge on any atom is -0.456 e. The van der Waals surface area contributed by atoms with Crippen LogP contribution in [-0.4, -0.2) is 15.0 Å². The Morgan fingerprint density at radius 1 is 0.300 bits per heavy atom. The Labute approximate surface area is 287 Å². The van der Waals surface area contributed by atoms with Gasteiger partial charge in [0.2, 0.25) is 0 Å². The summed E-state index contributed by atoms with van der Waals surface area (Å²) in [5.41, 5.74) is 10.4. The number of fused-ring (bicyclic) bond motifs is 6. The van der Waals surface area contributed by atoms with E-state index in [0.29, 0.717) is 17.5 Å². The van der Waals surface area contributed by atoms with E-state index in [2.05, 4.69) is 78.9 Å². The molecule has 10 aromatic rings. The van der Waals surface area contributed by atoms with Gasteiger partial charge in [-0.2, -0.15) is 0 Å². The average molecular weight is 642 g/mol. The molecule has 0 amide bonds. The van der Waals surface area contributed by atoms with Gasteiger partial charge in [-0.1, -0.05) is 133 Å². The Bertz CT molecular complexity index is 2810. The van der Waals surface area contributed by atoms with Gasteiger partial charge >= 0.3 is 0 Å². The highest BCUT2D eigenvalue weighted by atomic mass is 16.3. The van der Waals surface area contributed by atoms with Gasteiger partial charge in [-0.05, 0) is 41.0 Å². The van der Waals surface area contributed by atoms with Gasteiger partial charge in [-0.15, -0.1) is 0 Å². The van der Waals surface area contributed by atoms with Crippen LogP contribution < -0.4 is 0 Å². The van der Waals surface area contributed by atoms with Gasteiger partial charge < -0.3 is 8.83 Å². The van der Waals surface area contributed by atoms with Crippen molar-refractivity contribution < 1.29 is 8.83 Å². The van der Waals surface area contributed by atoms with E-state index in [9.17, 15) is 0 Å². The standard InChI is InChI=1S/C45H27N3O2/c1-3-12-28(13-4-1)43-46-44(29-14-5-2-6-15-29)48-45(47-43)33-19-10-17-31(25-33)30-16-9-18-32(24-30)34-21-11-22-36-38-26-37-35-20-7-8-23-39(35)49-40(37)27-41(38)50-42(34)36/h1-27H.